The minimum atomic E-state index is -2.35. The first-order chi connectivity index (χ1) is 19.2. The van der Waals surface area contributed by atoms with Crippen molar-refractivity contribution in [1.82, 2.24) is 0 Å². The van der Waals surface area contributed by atoms with Crippen LogP contribution in [0.1, 0.15) is 75.2 Å². The Hall–Kier alpha value is 0.131. The molecule has 1 heterocycles. The number of esters is 1. The summed E-state index contributed by atoms with van der Waals surface area (Å²) in [5.74, 6) is -0.394. The van der Waals surface area contributed by atoms with E-state index in [0.29, 0.717) is 12.8 Å². The number of carbonyl (C=O) groups is 1. The maximum absolute atomic E-state index is 12.3. The summed E-state index contributed by atoms with van der Waals surface area (Å²) >= 11 is 2.23. The third-order valence-electron chi connectivity index (χ3n) is 10.1. The Morgan fingerprint density at radius 3 is 1.74 bits per heavy atom. The van der Waals surface area contributed by atoms with Gasteiger partial charge >= 0.3 is 5.97 Å². The standard InChI is InChI=1S/C32H63IO7Si3/c1-30(2,3)41(11,12)38-24(21-22-33)28-29(40-43(15,16)32(7,8)9)26(35)27(39-42(13,14)31(4,5)6)23(37-28)19-17-18-20-25(34)36-10/h18,20-24,26-29,35H,17,19H2,1-16H3/b20-18+,22-21+/t23-,24?,26-,27-,28-,29?/m0/s1. The summed E-state index contributed by atoms with van der Waals surface area (Å²) < 4.78 is 34.8. The number of ether oxygens (including phenoxy) is 2. The van der Waals surface area contributed by atoms with Gasteiger partial charge < -0.3 is 27.9 Å². The van der Waals surface area contributed by atoms with Gasteiger partial charge in [0.25, 0.3) is 0 Å². The highest BCUT2D eigenvalue weighted by atomic mass is 127. The predicted molar refractivity (Wildman–Crippen MR) is 194 cm³/mol. The number of methoxy groups -OCH3 is 1. The van der Waals surface area contributed by atoms with Crippen LogP contribution in [0.3, 0.4) is 0 Å². The average Bonchev–Trinajstić information content (AvgIpc) is 2.82. The lowest BCUT2D eigenvalue weighted by Crippen LogP contribution is -2.67. The summed E-state index contributed by atoms with van der Waals surface area (Å²) in [7, 11) is -5.53. The quantitative estimate of drug-likeness (QED) is 0.0920. The van der Waals surface area contributed by atoms with E-state index in [0.717, 1.165) is 0 Å². The van der Waals surface area contributed by atoms with E-state index in [4.69, 9.17) is 22.8 Å². The summed E-state index contributed by atoms with van der Waals surface area (Å²) in [5.41, 5.74) is 0. The second-order valence-corrected chi connectivity index (χ2v) is 31.5. The molecule has 252 valence electrons. The number of aliphatic hydroxyl groups excluding tert-OH is 1. The van der Waals surface area contributed by atoms with Gasteiger partial charge in [-0.15, -0.1) is 0 Å². The SMILES string of the molecule is COC(=O)/C=C/CC[C@@H]1O[C@@H](C(/C=C/I)O[Si](C)(C)C(C)(C)C)C(O[Si](C)(C)C(C)(C)C)[C@@H](O)[C@H]1O[Si](C)(C)C(C)(C)C. The van der Waals surface area contributed by atoms with Crippen molar-refractivity contribution in [2.24, 2.45) is 0 Å². The van der Waals surface area contributed by atoms with Crippen molar-refractivity contribution >= 4 is 53.5 Å². The van der Waals surface area contributed by atoms with Gasteiger partial charge in [0.15, 0.2) is 25.0 Å². The monoisotopic (exact) mass is 770 g/mol. The molecule has 1 fully saturated rings. The molecule has 0 bridgehead atoms. The van der Waals surface area contributed by atoms with E-state index in [1.165, 1.54) is 13.2 Å². The van der Waals surface area contributed by atoms with Crippen LogP contribution in [0, 0.1) is 0 Å². The van der Waals surface area contributed by atoms with Crippen molar-refractivity contribution < 1.29 is 32.7 Å². The van der Waals surface area contributed by atoms with Crippen molar-refractivity contribution in [3.8, 4) is 0 Å². The molecule has 0 saturated carbocycles. The second kappa shape index (κ2) is 15.4. The first-order valence-corrected chi connectivity index (χ1v) is 25.6. The summed E-state index contributed by atoms with van der Waals surface area (Å²) in [6.45, 7) is 33.2. The number of carbonyl (C=O) groups excluding carboxylic acids is 1. The van der Waals surface area contributed by atoms with Gasteiger partial charge in [-0.1, -0.05) is 91.0 Å². The molecular weight excluding hydrogens is 708 g/mol. The summed E-state index contributed by atoms with van der Waals surface area (Å²) in [6.07, 6.45) is 2.88. The smallest absolute Gasteiger partial charge is 0.330 e. The highest BCUT2D eigenvalue weighted by Crippen LogP contribution is 2.45. The zero-order chi connectivity index (χ0) is 33.8. The lowest BCUT2D eigenvalue weighted by atomic mass is 9.90. The Morgan fingerprint density at radius 2 is 1.33 bits per heavy atom. The molecular formula is C32H63IO7Si3. The Morgan fingerprint density at radius 1 is 0.860 bits per heavy atom. The van der Waals surface area contributed by atoms with E-state index in [9.17, 15) is 9.90 Å². The van der Waals surface area contributed by atoms with Crippen molar-refractivity contribution in [1.29, 1.82) is 0 Å². The van der Waals surface area contributed by atoms with E-state index in [-0.39, 0.29) is 15.1 Å². The van der Waals surface area contributed by atoms with Crippen LogP contribution in [0.15, 0.2) is 22.3 Å². The number of aliphatic hydroxyl groups is 1. The normalized spacial score (nSPS) is 25.9. The highest BCUT2D eigenvalue weighted by Gasteiger charge is 2.55. The van der Waals surface area contributed by atoms with Gasteiger partial charge in [0.05, 0.1) is 25.4 Å². The predicted octanol–water partition coefficient (Wildman–Crippen LogP) is 8.74. The molecule has 1 rings (SSSR count). The Labute approximate surface area is 280 Å². The zero-order valence-corrected chi connectivity index (χ0v) is 35.1. The summed E-state index contributed by atoms with van der Waals surface area (Å²) in [5, 5.41) is 12.2. The van der Waals surface area contributed by atoms with Crippen LogP contribution in [0.25, 0.3) is 0 Å². The number of hydrogen-bond acceptors (Lipinski definition) is 7. The first kappa shape index (κ1) is 41.2. The molecule has 11 heteroatoms. The van der Waals surface area contributed by atoms with E-state index < -0.39 is 67.5 Å². The van der Waals surface area contributed by atoms with Crippen LogP contribution in [0.5, 0.6) is 0 Å². The minimum absolute atomic E-state index is 0.0144. The zero-order valence-electron chi connectivity index (χ0n) is 30.0. The third-order valence-corrected chi connectivity index (χ3v) is 23.9. The van der Waals surface area contributed by atoms with Crippen LogP contribution in [-0.2, 0) is 27.5 Å². The molecule has 0 spiro atoms. The van der Waals surface area contributed by atoms with Crippen LogP contribution in [0.4, 0.5) is 0 Å². The van der Waals surface area contributed by atoms with E-state index in [1.807, 2.05) is 10.2 Å². The number of rotatable bonds is 12. The first-order valence-electron chi connectivity index (χ1n) is 15.6. The average molecular weight is 771 g/mol. The molecule has 0 aromatic heterocycles. The molecule has 7 nitrogen and oxygen atoms in total. The number of allylic oxidation sites excluding steroid dienone is 1. The van der Waals surface area contributed by atoms with Crippen molar-refractivity contribution in [3.05, 3.63) is 22.3 Å². The number of halogens is 1. The van der Waals surface area contributed by atoms with Gasteiger partial charge in [-0.25, -0.2) is 4.79 Å². The molecule has 0 aliphatic carbocycles. The molecule has 1 aliphatic rings. The summed E-state index contributed by atoms with van der Waals surface area (Å²) in [6, 6.07) is 0. The van der Waals surface area contributed by atoms with Crippen LogP contribution in [0.2, 0.25) is 54.4 Å². The fraction of sp³-hybridized carbons (Fsp3) is 0.844. The molecule has 1 saturated heterocycles. The van der Waals surface area contributed by atoms with Gasteiger partial charge in [0, 0.05) is 6.08 Å². The fourth-order valence-corrected chi connectivity index (χ4v) is 8.37. The molecule has 1 aliphatic heterocycles. The Bertz CT molecular complexity index is 961. The molecule has 0 amide bonds. The van der Waals surface area contributed by atoms with E-state index in [2.05, 4.69) is 124 Å². The fourth-order valence-electron chi connectivity index (χ4n) is 4.08. The van der Waals surface area contributed by atoms with Crippen molar-refractivity contribution in [3.63, 3.8) is 0 Å². The van der Waals surface area contributed by atoms with Gasteiger partial charge in [-0.3, -0.25) is 0 Å². The van der Waals surface area contributed by atoms with Crippen molar-refractivity contribution in [2.45, 2.75) is 166 Å². The largest absolute Gasteiger partial charge is 0.466 e. The highest BCUT2D eigenvalue weighted by molar-refractivity contribution is 14.1. The molecule has 0 aromatic rings. The van der Waals surface area contributed by atoms with Gasteiger partial charge in [0.2, 0.25) is 0 Å². The van der Waals surface area contributed by atoms with Crippen LogP contribution in [-0.4, -0.2) is 79.8 Å². The van der Waals surface area contributed by atoms with Gasteiger partial charge in [-0.05, 0) is 77.4 Å². The Balaban J connectivity index is 3.75. The summed E-state index contributed by atoms with van der Waals surface area (Å²) in [4.78, 5) is 11.7. The Kier molecular flexibility index (Phi) is 14.7. The number of hydrogen-bond donors (Lipinski definition) is 1. The lowest BCUT2D eigenvalue weighted by molar-refractivity contribution is -0.229. The molecule has 6 atom stereocenters. The maximum atomic E-state index is 12.3. The third kappa shape index (κ3) is 11.1. The lowest BCUT2D eigenvalue weighted by Gasteiger charge is -2.53. The minimum Gasteiger partial charge on any atom is -0.466 e. The molecule has 2 unspecified atom stereocenters. The van der Waals surface area contributed by atoms with E-state index in [1.54, 1.807) is 6.08 Å². The van der Waals surface area contributed by atoms with Gasteiger partial charge in [0.1, 0.15) is 18.3 Å². The maximum Gasteiger partial charge on any atom is 0.330 e. The van der Waals surface area contributed by atoms with Crippen LogP contribution >= 0.6 is 22.6 Å². The molecule has 0 aromatic carbocycles. The molecule has 0 radical (unpaired) electrons. The van der Waals surface area contributed by atoms with Gasteiger partial charge in [-0.2, -0.15) is 0 Å². The van der Waals surface area contributed by atoms with E-state index >= 15 is 0 Å². The topological polar surface area (TPSA) is 83.5 Å². The molecule has 43 heavy (non-hydrogen) atoms. The van der Waals surface area contributed by atoms with Crippen LogP contribution < -0.4 is 0 Å². The second-order valence-electron chi connectivity index (χ2n) is 16.5. The van der Waals surface area contributed by atoms with Crippen molar-refractivity contribution in [2.75, 3.05) is 7.11 Å². The molecule has 1 N–H and O–H groups in total.